The van der Waals surface area contributed by atoms with E-state index < -0.39 is 0 Å². The third kappa shape index (κ3) is 4.09. The zero-order valence-corrected chi connectivity index (χ0v) is 10.7. The first kappa shape index (κ1) is 13.1. The molecule has 2 amide bonds. The molecule has 102 valence electrons. The van der Waals surface area contributed by atoms with Crippen LogP contribution in [-0.4, -0.2) is 45.1 Å². The Labute approximate surface area is 110 Å². The van der Waals surface area contributed by atoms with Crippen molar-refractivity contribution in [3.8, 4) is 0 Å². The molecule has 8 nitrogen and oxygen atoms in total. The summed E-state index contributed by atoms with van der Waals surface area (Å²) in [5, 5.41) is 16.3. The molecule has 0 bridgehead atoms. The van der Waals surface area contributed by atoms with Crippen molar-refractivity contribution >= 4 is 6.03 Å². The first-order valence-electron chi connectivity index (χ1n) is 5.99. The molecule has 0 radical (unpaired) electrons. The molecule has 2 rings (SSSR count). The topological polar surface area (TPSA) is 99.9 Å². The Morgan fingerprint density at radius 3 is 3.16 bits per heavy atom. The molecule has 0 saturated carbocycles. The van der Waals surface area contributed by atoms with E-state index in [1.165, 1.54) is 0 Å². The van der Waals surface area contributed by atoms with E-state index in [1.54, 1.807) is 24.3 Å². The van der Waals surface area contributed by atoms with E-state index in [0.717, 1.165) is 12.2 Å². The van der Waals surface area contributed by atoms with Gasteiger partial charge in [-0.15, -0.1) is 10.2 Å². The number of carbonyl (C=O) groups excluding carboxylic acids is 1. The fourth-order valence-electron chi connectivity index (χ4n) is 1.57. The smallest absolute Gasteiger partial charge is 0.317 e. The number of aryl methyl sites for hydroxylation is 1. The monoisotopic (exact) mass is 264 g/mol. The van der Waals surface area contributed by atoms with Gasteiger partial charge in [0.1, 0.15) is 5.76 Å². The van der Waals surface area contributed by atoms with Crippen molar-refractivity contribution in [1.29, 1.82) is 0 Å². The number of H-pyrrole nitrogens is 1. The predicted octanol–water partition coefficient (Wildman–Crippen LogP) is 0.567. The number of tetrazole rings is 1. The SMILES string of the molecule is CN(Cc1ccco1)C(=O)NCCCc1nn[nH]n1. The fourth-order valence-corrected chi connectivity index (χ4v) is 1.57. The number of urea groups is 1. The molecule has 0 spiro atoms. The minimum Gasteiger partial charge on any atom is -0.467 e. The van der Waals surface area contributed by atoms with Crippen molar-refractivity contribution in [3.63, 3.8) is 0 Å². The average molecular weight is 264 g/mol. The van der Waals surface area contributed by atoms with Crippen molar-refractivity contribution < 1.29 is 9.21 Å². The third-order valence-electron chi connectivity index (χ3n) is 2.56. The number of aromatic amines is 1. The van der Waals surface area contributed by atoms with Crippen LogP contribution in [0.3, 0.4) is 0 Å². The number of nitrogens with zero attached hydrogens (tertiary/aromatic N) is 4. The van der Waals surface area contributed by atoms with Gasteiger partial charge in [-0.3, -0.25) is 0 Å². The second-order valence-electron chi connectivity index (χ2n) is 4.10. The van der Waals surface area contributed by atoms with Crippen LogP contribution in [0.15, 0.2) is 22.8 Å². The minimum absolute atomic E-state index is 0.135. The van der Waals surface area contributed by atoms with Crippen LogP contribution in [0.25, 0.3) is 0 Å². The van der Waals surface area contributed by atoms with Gasteiger partial charge in [-0.05, 0) is 18.6 Å². The van der Waals surface area contributed by atoms with Gasteiger partial charge in [0.05, 0.1) is 12.8 Å². The lowest BCUT2D eigenvalue weighted by molar-refractivity contribution is 0.203. The first-order valence-corrected chi connectivity index (χ1v) is 5.99. The molecule has 19 heavy (non-hydrogen) atoms. The van der Waals surface area contributed by atoms with Gasteiger partial charge in [0.25, 0.3) is 0 Å². The molecule has 0 aliphatic rings. The summed E-state index contributed by atoms with van der Waals surface area (Å²) in [6, 6.07) is 3.50. The standard InChI is InChI=1S/C11H16N6O2/c1-17(8-9-4-3-7-19-9)11(18)12-6-2-5-10-13-15-16-14-10/h3-4,7H,2,5-6,8H2,1H3,(H,12,18)(H,13,14,15,16). The molecule has 0 aliphatic carbocycles. The van der Waals surface area contributed by atoms with E-state index in [4.69, 9.17) is 4.42 Å². The van der Waals surface area contributed by atoms with Gasteiger partial charge >= 0.3 is 6.03 Å². The lowest BCUT2D eigenvalue weighted by Gasteiger charge is -2.16. The number of nitrogens with one attached hydrogen (secondary N) is 2. The van der Waals surface area contributed by atoms with E-state index in [-0.39, 0.29) is 6.03 Å². The Morgan fingerprint density at radius 1 is 1.58 bits per heavy atom. The molecule has 2 aromatic heterocycles. The largest absolute Gasteiger partial charge is 0.467 e. The van der Waals surface area contributed by atoms with E-state index in [9.17, 15) is 4.79 Å². The zero-order valence-electron chi connectivity index (χ0n) is 10.7. The van der Waals surface area contributed by atoms with Crippen molar-refractivity contribution in [2.45, 2.75) is 19.4 Å². The molecule has 2 heterocycles. The molecule has 0 saturated heterocycles. The lowest BCUT2D eigenvalue weighted by Crippen LogP contribution is -2.37. The Balaban J connectivity index is 1.63. The Morgan fingerprint density at radius 2 is 2.47 bits per heavy atom. The molecule has 0 aliphatic heterocycles. The molecule has 0 atom stereocenters. The molecular formula is C11H16N6O2. The highest BCUT2D eigenvalue weighted by molar-refractivity contribution is 5.73. The average Bonchev–Trinajstić information content (AvgIpc) is 3.07. The van der Waals surface area contributed by atoms with E-state index in [2.05, 4.69) is 25.9 Å². The zero-order chi connectivity index (χ0) is 13.5. The maximum Gasteiger partial charge on any atom is 0.317 e. The minimum atomic E-state index is -0.135. The second-order valence-corrected chi connectivity index (χ2v) is 4.10. The first-order chi connectivity index (χ1) is 9.25. The molecule has 0 aromatic carbocycles. The van der Waals surface area contributed by atoms with Gasteiger partial charge in [0.15, 0.2) is 5.82 Å². The lowest BCUT2D eigenvalue weighted by atomic mass is 10.3. The normalized spacial score (nSPS) is 10.4. The number of amides is 2. The predicted molar refractivity (Wildman–Crippen MR) is 66.1 cm³/mol. The maximum absolute atomic E-state index is 11.8. The Bertz CT molecular complexity index is 481. The number of aromatic nitrogens is 4. The molecule has 2 N–H and O–H groups in total. The summed E-state index contributed by atoms with van der Waals surface area (Å²) in [5.41, 5.74) is 0. The quantitative estimate of drug-likeness (QED) is 0.743. The van der Waals surface area contributed by atoms with Gasteiger partial charge in [0, 0.05) is 20.0 Å². The van der Waals surface area contributed by atoms with E-state index >= 15 is 0 Å². The number of rotatable bonds is 6. The summed E-state index contributed by atoms with van der Waals surface area (Å²) in [4.78, 5) is 13.3. The number of furan rings is 1. The van der Waals surface area contributed by atoms with Crippen molar-refractivity contribution in [2.75, 3.05) is 13.6 Å². The van der Waals surface area contributed by atoms with Crippen LogP contribution in [0.1, 0.15) is 18.0 Å². The molecular weight excluding hydrogens is 248 g/mol. The summed E-state index contributed by atoms with van der Waals surface area (Å²) < 4.78 is 5.18. The summed E-state index contributed by atoms with van der Waals surface area (Å²) in [5.74, 6) is 1.41. The van der Waals surface area contributed by atoms with Crippen molar-refractivity contribution in [3.05, 3.63) is 30.0 Å². The summed E-state index contributed by atoms with van der Waals surface area (Å²) in [6.07, 6.45) is 3.03. The van der Waals surface area contributed by atoms with E-state index in [1.807, 2.05) is 6.07 Å². The third-order valence-corrected chi connectivity index (χ3v) is 2.56. The van der Waals surface area contributed by atoms with Gasteiger partial charge < -0.3 is 14.6 Å². The molecule has 0 fully saturated rings. The number of carbonyl (C=O) groups is 1. The van der Waals surface area contributed by atoms with Crippen molar-refractivity contribution in [1.82, 2.24) is 30.8 Å². The number of hydrogen-bond acceptors (Lipinski definition) is 5. The van der Waals surface area contributed by atoms with Crippen LogP contribution in [0.2, 0.25) is 0 Å². The van der Waals surface area contributed by atoms with E-state index in [0.29, 0.717) is 25.3 Å². The van der Waals surface area contributed by atoms with Crippen LogP contribution in [-0.2, 0) is 13.0 Å². The van der Waals surface area contributed by atoms with Gasteiger partial charge in [-0.25, -0.2) is 4.79 Å². The Hall–Kier alpha value is -2.38. The second kappa shape index (κ2) is 6.53. The molecule has 2 aromatic rings. The van der Waals surface area contributed by atoms with Gasteiger partial charge in [0.2, 0.25) is 0 Å². The molecule has 0 unspecified atom stereocenters. The highest BCUT2D eigenvalue weighted by Crippen LogP contribution is 2.03. The van der Waals surface area contributed by atoms with Crippen LogP contribution in [0, 0.1) is 0 Å². The van der Waals surface area contributed by atoms with Crippen LogP contribution in [0.5, 0.6) is 0 Å². The van der Waals surface area contributed by atoms with Crippen LogP contribution < -0.4 is 5.32 Å². The number of hydrogen-bond donors (Lipinski definition) is 2. The van der Waals surface area contributed by atoms with Crippen LogP contribution >= 0.6 is 0 Å². The maximum atomic E-state index is 11.8. The fraction of sp³-hybridized carbons (Fsp3) is 0.455. The van der Waals surface area contributed by atoms with Crippen LogP contribution in [0.4, 0.5) is 4.79 Å². The van der Waals surface area contributed by atoms with Gasteiger partial charge in [-0.2, -0.15) is 5.21 Å². The summed E-state index contributed by atoms with van der Waals surface area (Å²) >= 11 is 0. The highest BCUT2D eigenvalue weighted by atomic mass is 16.3. The van der Waals surface area contributed by atoms with Gasteiger partial charge in [-0.1, -0.05) is 5.21 Å². The Kier molecular flexibility index (Phi) is 4.49. The molecule has 8 heteroatoms. The summed E-state index contributed by atoms with van der Waals surface area (Å²) in [6.45, 7) is 1.01. The van der Waals surface area contributed by atoms with Crippen molar-refractivity contribution in [2.24, 2.45) is 0 Å². The highest BCUT2D eigenvalue weighted by Gasteiger charge is 2.09. The summed E-state index contributed by atoms with van der Waals surface area (Å²) in [7, 11) is 1.72.